The van der Waals surface area contributed by atoms with E-state index in [1.165, 1.54) is 0 Å². The number of thiocarbonyl (C=S) groups is 1. The summed E-state index contributed by atoms with van der Waals surface area (Å²) in [6, 6.07) is 14.3. The van der Waals surface area contributed by atoms with E-state index in [9.17, 15) is 13.2 Å². The molecule has 0 saturated carbocycles. The van der Waals surface area contributed by atoms with Crippen LogP contribution in [0.3, 0.4) is 0 Å². The molecule has 0 aliphatic carbocycles. The number of halogens is 3. The number of aromatic nitrogens is 2. The van der Waals surface area contributed by atoms with Gasteiger partial charge in [-0.1, -0.05) is 37.3 Å². The molecule has 174 valence electrons. The largest absolute Gasteiger partial charge is 0.459 e. The van der Waals surface area contributed by atoms with Gasteiger partial charge in [0.2, 0.25) is 5.95 Å². The van der Waals surface area contributed by atoms with Crippen LogP contribution < -0.4 is 15.5 Å². The van der Waals surface area contributed by atoms with E-state index in [-0.39, 0.29) is 23.4 Å². The van der Waals surface area contributed by atoms with E-state index in [1.807, 2.05) is 47.4 Å². The zero-order chi connectivity index (χ0) is 23.4. The van der Waals surface area contributed by atoms with Gasteiger partial charge in [-0.05, 0) is 43.1 Å². The number of rotatable bonds is 5. The Bertz CT molecular complexity index is 1090. The molecule has 0 amide bonds. The Hall–Kier alpha value is -3.14. The monoisotopic (exact) mass is 475 g/mol. The summed E-state index contributed by atoms with van der Waals surface area (Å²) < 4.78 is 46.1. The van der Waals surface area contributed by atoms with Crippen LogP contribution in [0.25, 0.3) is 11.3 Å². The Morgan fingerprint density at radius 1 is 1.12 bits per heavy atom. The molecule has 0 unspecified atom stereocenters. The molecule has 0 spiro atoms. The summed E-state index contributed by atoms with van der Waals surface area (Å²) in [5.74, 6) is 1.94. The van der Waals surface area contributed by atoms with Gasteiger partial charge in [0.25, 0.3) is 0 Å². The van der Waals surface area contributed by atoms with Gasteiger partial charge in [-0.15, -0.1) is 0 Å². The van der Waals surface area contributed by atoms with Gasteiger partial charge < -0.3 is 20.0 Å². The number of alkyl halides is 3. The molecule has 6 nitrogen and oxygen atoms in total. The molecule has 4 rings (SSSR count). The maximum atomic E-state index is 13.4. The number of benzene rings is 1. The van der Waals surface area contributed by atoms with E-state index in [0.717, 1.165) is 24.5 Å². The lowest BCUT2D eigenvalue weighted by Gasteiger charge is -2.31. The lowest BCUT2D eigenvalue weighted by Crippen LogP contribution is -2.34. The summed E-state index contributed by atoms with van der Waals surface area (Å²) in [5.41, 5.74) is -0.0589. The van der Waals surface area contributed by atoms with Gasteiger partial charge >= 0.3 is 6.18 Å². The molecular formula is C23H24F3N5OS. The first kappa shape index (κ1) is 23.0. The highest BCUT2D eigenvalue weighted by Gasteiger charge is 2.34. The van der Waals surface area contributed by atoms with Crippen molar-refractivity contribution in [1.82, 2.24) is 15.3 Å². The first-order chi connectivity index (χ1) is 15.8. The maximum Gasteiger partial charge on any atom is 0.433 e. The predicted octanol–water partition coefficient (Wildman–Crippen LogP) is 5.48. The highest BCUT2D eigenvalue weighted by molar-refractivity contribution is 7.80. The number of nitrogens with zero attached hydrogens (tertiary/aromatic N) is 3. The fourth-order valence-corrected chi connectivity index (χ4v) is 3.74. The Kier molecular flexibility index (Phi) is 6.83. The molecule has 1 aliphatic heterocycles. The first-order valence-electron chi connectivity index (χ1n) is 10.7. The smallest absolute Gasteiger partial charge is 0.433 e. The molecule has 0 radical (unpaired) electrons. The van der Waals surface area contributed by atoms with E-state index in [4.69, 9.17) is 16.6 Å². The van der Waals surface area contributed by atoms with Gasteiger partial charge in [-0.3, -0.25) is 0 Å². The van der Waals surface area contributed by atoms with Crippen molar-refractivity contribution in [2.24, 2.45) is 5.92 Å². The molecular weight excluding hydrogens is 451 g/mol. The van der Waals surface area contributed by atoms with Crippen molar-refractivity contribution < 1.29 is 17.6 Å². The second-order valence-electron chi connectivity index (χ2n) is 8.04. The van der Waals surface area contributed by atoms with Crippen molar-refractivity contribution in [1.29, 1.82) is 0 Å². The highest BCUT2D eigenvalue weighted by atomic mass is 32.1. The van der Waals surface area contributed by atoms with E-state index in [2.05, 4.69) is 27.5 Å². The topological polar surface area (TPSA) is 66.2 Å². The van der Waals surface area contributed by atoms with E-state index < -0.39 is 11.9 Å². The van der Waals surface area contributed by atoms with Crippen LogP contribution in [0.2, 0.25) is 0 Å². The first-order valence-corrected chi connectivity index (χ1v) is 11.1. The Labute approximate surface area is 195 Å². The second-order valence-corrected chi connectivity index (χ2v) is 8.45. The number of piperidine rings is 1. The quantitative estimate of drug-likeness (QED) is 0.474. The van der Waals surface area contributed by atoms with E-state index >= 15 is 0 Å². The van der Waals surface area contributed by atoms with Crippen LogP contribution in [0, 0.1) is 5.92 Å². The van der Waals surface area contributed by atoms with Crippen LogP contribution in [0.15, 0.2) is 52.9 Å². The fraction of sp³-hybridized carbons (Fsp3) is 0.348. The minimum Gasteiger partial charge on any atom is -0.459 e. The molecule has 0 bridgehead atoms. The Balaban J connectivity index is 1.42. The summed E-state index contributed by atoms with van der Waals surface area (Å²) in [6.07, 6.45) is -2.78. The van der Waals surface area contributed by atoms with Crippen molar-refractivity contribution in [3.8, 4) is 11.3 Å². The van der Waals surface area contributed by atoms with Gasteiger partial charge in [0.05, 0.1) is 6.54 Å². The van der Waals surface area contributed by atoms with Crippen molar-refractivity contribution >= 4 is 29.1 Å². The minimum atomic E-state index is -4.59. The van der Waals surface area contributed by atoms with E-state index in [1.54, 1.807) is 0 Å². The fourth-order valence-electron chi connectivity index (χ4n) is 3.58. The normalized spacial score (nSPS) is 14.8. The second kappa shape index (κ2) is 9.78. The molecule has 1 saturated heterocycles. The Morgan fingerprint density at radius 2 is 1.85 bits per heavy atom. The standard InChI is InChI=1S/C23H24F3N5OS/c1-15-9-11-31(12-10-15)20-13-19(23(24,25)26)28-21(29-20)30-22(33)27-14-17-7-8-18(32-17)16-5-3-2-4-6-16/h2-8,13,15H,9-12,14H2,1H3,(H2,27,28,29,30,33). The third-order valence-electron chi connectivity index (χ3n) is 5.48. The lowest BCUT2D eigenvalue weighted by atomic mass is 9.99. The molecule has 2 aromatic heterocycles. The number of nitrogens with one attached hydrogen (secondary N) is 2. The zero-order valence-electron chi connectivity index (χ0n) is 18.0. The molecule has 3 heterocycles. The molecule has 0 atom stereocenters. The lowest BCUT2D eigenvalue weighted by molar-refractivity contribution is -0.141. The average Bonchev–Trinajstić information content (AvgIpc) is 3.27. The van der Waals surface area contributed by atoms with Crippen LogP contribution in [0.5, 0.6) is 0 Å². The van der Waals surface area contributed by atoms with Gasteiger partial charge in [-0.2, -0.15) is 18.2 Å². The number of furan rings is 1. The van der Waals surface area contributed by atoms with Crippen LogP contribution in [-0.4, -0.2) is 28.2 Å². The SMILES string of the molecule is CC1CCN(c2cc(C(F)(F)F)nc(NC(=S)NCc3ccc(-c4ccccc4)o3)n2)CC1. The number of hydrogen-bond acceptors (Lipinski definition) is 5. The van der Waals surface area contributed by atoms with Gasteiger partial charge in [-0.25, -0.2) is 4.98 Å². The van der Waals surface area contributed by atoms with Crippen molar-refractivity contribution in [2.75, 3.05) is 23.3 Å². The molecule has 10 heteroatoms. The molecule has 2 N–H and O–H groups in total. The summed E-state index contributed by atoms with van der Waals surface area (Å²) in [5, 5.41) is 5.71. The van der Waals surface area contributed by atoms with Crippen molar-refractivity contribution in [2.45, 2.75) is 32.5 Å². The van der Waals surface area contributed by atoms with Crippen molar-refractivity contribution in [3.05, 3.63) is 60.0 Å². The predicted molar refractivity (Wildman–Crippen MR) is 125 cm³/mol. The molecule has 1 aromatic carbocycles. The highest BCUT2D eigenvalue weighted by Crippen LogP contribution is 2.31. The van der Waals surface area contributed by atoms with E-state index in [0.29, 0.717) is 30.5 Å². The summed E-state index contributed by atoms with van der Waals surface area (Å²) in [7, 11) is 0. The molecule has 33 heavy (non-hydrogen) atoms. The maximum absolute atomic E-state index is 13.4. The van der Waals surface area contributed by atoms with Crippen LogP contribution in [0.1, 0.15) is 31.2 Å². The van der Waals surface area contributed by atoms with Gasteiger partial charge in [0.1, 0.15) is 17.3 Å². The number of anilines is 2. The minimum absolute atomic E-state index is 0.102. The zero-order valence-corrected chi connectivity index (χ0v) is 18.8. The third-order valence-corrected chi connectivity index (χ3v) is 5.73. The van der Waals surface area contributed by atoms with Gasteiger partial charge in [0.15, 0.2) is 10.8 Å². The van der Waals surface area contributed by atoms with Crippen LogP contribution >= 0.6 is 12.2 Å². The van der Waals surface area contributed by atoms with Crippen LogP contribution in [-0.2, 0) is 12.7 Å². The van der Waals surface area contributed by atoms with Gasteiger partial charge in [0, 0.05) is 24.7 Å². The summed E-state index contributed by atoms with van der Waals surface area (Å²) in [6.45, 7) is 3.70. The average molecular weight is 476 g/mol. The summed E-state index contributed by atoms with van der Waals surface area (Å²) >= 11 is 5.25. The Morgan fingerprint density at radius 3 is 2.55 bits per heavy atom. The van der Waals surface area contributed by atoms with Crippen LogP contribution in [0.4, 0.5) is 24.9 Å². The molecule has 1 fully saturated rings. The third kappa shape index (κ3) is 6.01. The number of hydrogen-bond donors (Lipinski definition) is 2. The molecule has 3 aromatic rings. The molecule has 1 aliphatic rings. The van der Waals surface area contributed by atoms with Crippen molar-refractivity contribution in [3.63, 3.8) is 0 Å². The summed E-state index contributed by atoms with van der Waals surface area (Å²) in [4.78, 5) is 9.77.